The highest BCUT2D eigenvalue weighted by Crippen LogP contribution is 2.21. The maximum atomic E-state index is 10.2. The van der Waals surface area contributed by atoms with Crippen molar-refractivity contribution in [3.63, 3.8) is 0 Å². The van der Waals surface area contributed by atoms with Crippen LogP contribution in [0.3, 0.4) is 0 Å². The van der Waals surface area contributed by atoms with Gasteiger partial charge in [-0.05, 0) is 22.0 Å². The van der Waals surface area contributed by atoms with Gasteiger partial charge >= 0.3 is 5.69 Å². The first-order chi connectivity index (χ1) is 4.72. The highest BCUT2D eigenvalue weighted by molar-refractivity contribution is 9.10. The molecule has 0 unspecified atom stereocenters. The molecule has 1 aromatic rings. The van der Waals surface area contributed by atoms with E-state index in [0.717, 1.165) is 0 Å². The Morgan fingerprint density at radius 2 is 2.40 bits per heavy atom. The Balaban J connectivity index is 3.15. The molecule has 0 aromatic carbocycles. The second-order valence-electron chi connectivity index (χ2n) is 1.58. The molecule has 1 aromatic heterocycles. The van der Waals surface area contributed by atoms with E-state index in [9.17, 15) is 10.1 Å². The van der Waals surface area contributed by atoms with Gasteiger partial charge in [0.15, 0.2) is 0 Å². The Morgan fingerprint density at radius 1 is 1.70 bits per heavy atom. The number of hydrogen-bond donors (Lipinski definition) is 0. The van der Waals surface area contributed by atoms with Crippen LogP contribution < -0.4 is 0 Å². The molecule has 0 saturated heterocycles. The third kappa shape index (κ3) is 1.30. The largest absolute Gasteiger partial charge is 0.301 e. The molecule has 0 bridgehead atoms. The summed E-state index contributed by atoms with van der Waals surface area (Å²) in [5.74, 6) is 0. The molecule has 0 radical (unpaired) electrons. The lowest BCUT2D eigenvalue weighted by atomic mass is 10.4. The van der Waals surface area contributed by atoms with Crippen molar-refractivity contribution >= 4 is 21.6 Å². The molecule has 10 heavy (non-hydrogen) atoms. The van der Waals surface area contributed by atoms with Crippen LogP contribution in [0.4, 0.5) is 5.69 Å². The average Bonchev–Trinajstić information content (AvgIpc) is 1.88. The van der Waals surface area contributed by atoms with Gasteiger partial charge in [0.05, 0.1) is 9.40 Å². The van der Waals surface area contributed by atoms with E-state index in [2.05, 4.69) is 20.9 Å². The molecule has 52 valence electrons. The molecule has 0 fully saturated rings. The molecule has 0 aliphatic heterocycles. The van der Waals surface area contributed by atoms with Gasteiger partial charge in [0.2, 0.25) is 0 Å². The predicted molar refractivity (Wildman–Crippen MR) is 38.6 cm³/mol. The molecule has 5 heteroatoms. The van der Waals surface area contributed by atoms with E-state index in [1.807, 2.05) is 0 Å². The molecule has 4 nitrogen and oxygen atoms in total. The number of halogens is 1. The average molecular weight is 203 g/mol. The molecule has 0 aliphatic rings. The first-order valence-corrected chi connectivity index (χ1v) is 3.25. The summed E-state index contributed by atoms with van der Waals surface area (Å²) >= 11 is 3.02. The molecular weight excluding hydrogens is 200 g/mol. The zero-order valence-corrected chi connectivity index (χ0v) is 6.41. The van der Waals surface area contributed by atoms with Gasteiger partial charge in [-0.1, -0.05) is 0 Å². The third-order valence-corrected chi connectivity index (χ3v) is 1.62. The van der Waals surface area contributed by atoms with Gasteiger partial charge < -0.3 is 0 Å². The highest BCUT2D eigenvalue weighted by Gasteiger charge is 2.08. The lowest BCUT2D eigenvalue weighted by Crippen LogP contribution is -1.88. The number of pyridine rings is 1. The summed E-state index contributed by atoms with van der Waals surface area (Å²) in [4.78, 5) is 13.3. The Labute approximate surface area is 65.2 Å². The first-order valence-electron chi connectivity index (χ1n) is 2.45. The molecule has 0 spiro atoms. The molecule has 0 aliphatic carbocycles. The molecule has 0 amide bonds. The van der Waals surface area contributed by atoms with Gasteiger partial charge in [0.25, 0.3) is 0 Å². The van der Waals surface area contributed by atoms with Gasteiger partial charge in [0, 0.05) is 6.20 Å². The van der Waals surface area contributed by atoms with Crippen LogP contribution in [-0.4, -0.2) is 9.91 Å². The SMILES string of the molecule is O=[N+]([O-])c1cnccc1Br. The van der Waals surface area contributed by atoms with E-state index in [1.165, 1.54) is 18.5 Å². The van der Waals surface area contributed by atoms with Gasteiger partial charge in [-0.15, -0.1) is 0 Å². The van der Waals surface area contributed by atoms with Crippen LogP contribution in [0.15, 0.2) is 22.9 Å². The summed E-state index contributed by atoms with van der Waals surface area (Å²) in [5, 5.41) is 10.2. The van der Waals surface area contributed by atoms with Crippen LogP contribution >= 0.6 is 15.9 Å². The molecule has 0 atom stereocenters. The van der Waals surface area contributed by atoms with E-state index in [-0.39, 0.29) is 5.69 Å². The fraction of sp³-hybridized carbons (Fsp3) is 0. The minimum absolute atomic E-state index is 0.0116. The number of nitro groups is 1. The quantitative estimate of drug-likeness (QED) is 0.516. The fourth-order valence-electron chi connectivity index (χ4n) is 0.504. The molecule has 1 rings (SSSR count). The van der Waals surface area contributed by atoms with Crippen LogP contribution in [0.25, 0.3) is 0 Å². The molecule has 1 heterocycles. The van der Waals surface area contributed by atoms with Crippen molar-refractivity contribution in [1.29, 1.82) is 0 Å². The third-order valence-electron chi connectivity index (χ3n) is 0.945. The lowest BCUT2D eigenvalue weighted by molar-refractivity contribution is -0.386. The normalized spacial score (nSPS) is 9.30. The summed E-state index contributed by atoms with van der Waals surface area (Å²) in [6.07, 6.45) is 2.68. The van der Waals surface area contributed by atoms with Crippen LogP contribution in [0.2, 0.25) is 0 Å². The summed E-state index contributed by atoms with van der Waals surface area (Å²) in [5.41, 5.74) is -0.0116. The van der Waals surface area contributed by atoms with Gasteiger partial charge in [0.1, 0.15) is 6.20 Å². The van der Waals surface area contributed by atoms with Crippen LogP contribution in [0.5, 0.6) is 0 Å². The van der Waals surface area contributed by atoms with Gasteiger partial charge in [-0.2, -0.15) is 0 Å². The van der Waals surface area contributed by atoms with E-state index < -0.39 is 4.92 Å². The summed E-state index contributed by atoms with van der Waals surface area (Å²) in [7, 11) is 0. The summed E-state index contributed by atoms with van der Waals surface area (Å²) in [6.45, 7) is 0. The second kappa shape index (κ2) is 2.74. The lowest BCUT2D eigenvalue weighted by Gasteiger charge is -1.90. The Bertz CT molecular complexity index is 264. The van der Waals surface area contributed by atoms with E-state index in [4.69, 9.17) is 0 Å². The Hall–Kier alpha value is -0.970. The topological polar surface area (TPSA) is 56.0 Å². The van der Waals surface area contributed by atoms with Crippen molar-refractivity contribution in [2.75, 3.05) is 0 Å². The minimum Gasteiger partial charge on any atom is -0.258 e. The van der Waals surface area contributed by atoms with Crippen molar-refractivity contribution in [1.82, 2.24) is 4.98 Å². The second-order valence-corrected chi connectivity index (χ2v) is 2.44. The van der Waals surface area contributed by atoms with E-state index >= 15 is 0 Å². The van der Waals surface area contributed by atoms with Crippen LogP contribution in [0.1, 0.15) is 0 Å². The minimum atomic E-state index is -0.489. The molecule has 0 saturated carbocycles. The van der Waals surface area contributed by atoms with Crippen molar-refractivity contribution < 1.29 is 4.92 Å². The van der Waals surface area contributed by atoms with E-state index in [0.29, 0.717) is 4.47 Å². The van der Waals surface area contributed by atoms with E-state index in [1.54, 1.807) is 0 Å². The van der Waals surface area contributed by atoms with Crippen molar-refractivity contribution in [2.24, 2.45) is 0 Å². The van der Waals surface area contributed by atoms with Crippen LogP contribution in [-0.2, 0) is 0 Å². The zero-order chi connectivity index (χ0) is 7.56. The number of rotatable bonds is 1. The highest BCUT2D eigenvalue weighted by atomic mass is 79.9. The standard InChI is InChI=1S/C5H3BrN2O2/c6-4-1-2-7-3-5(4)8(9)10/h1-3H. The molecular formula is C5H3BrN2O2. The number of aromatic nitrogens is 1. The van der Waals surface area contributed by atoms with Gasteiger partial charge in [-0.3, -0.25) is 15.1 Å². The van der Waals surface area contributed by atoms with Crippen LogP contribution in [0, 0.1) is 10.1 Å². The summed E-state index contributed by atoms with van der Waals surface area (Å²) in [6, 6.07) is 1.53. The fourth-order valence-corrected chi connectivity index (χ4v) is 0.869. The maximum absolute atomic E-state index is 10.2. The Kier molecular flexibility index (Phi) is 1.96. The van der Waals surface area contributed by atoms with Crippen molar-refractivity contribution in [3.8, 4) is 0 Å². The summed E-state index contributed by atoms with van der Waals surface area (Å²) < 4.78 is 0.451. The smallest absolute Gasteiger partial charge is 0.258 e. The van der Waals surface area contributed by atoms with Gasteiger partial charge in [-0.25, -0.2) is 0 Å². The number of nitrogens with zero attached hydrogens (tertiary/aromatic N) is 2. The van der Waals surface area contributed by atoms with Crippen molar-refractivity contribution in [3.05, 3.63) is 33.0 Å². The predicted octanol–water partition coefficient (Wildman–Crippen LogP) is 1.75. The first kappa shape index (κ1) is 7.14. The molecule has 0 N–H and O–H groups in total. The monoisotopic (exact) mass is 202 g/mol. The zero-order valence-electron chi connectivity index (χ0n) is 4.82. The maximum Gasteiger partial charge on any atom is 0.301 e. The number of hydrogen-bond acceptors (Lipinski definition) is 3. The Morgan fingerprint density at radius 3 is 2.80 bits per heavy atom. The van der Waals surface area contributed by atoms with Crippen molar-refractivity contribution in [2.45, 2.75) is 0 Å².